The summed E-state index contributed by atoms with van der Waals surface area (Å²) in [6, 6.07) is 6.70. The molecule has 0 spiro atoms. The SMILES string of the molecule is CCn1ccnc1C(NCc1ccc2cn[nH]c2c1)C1CCOCC1. The number of aromatic amines is 1. The van der Waals surface area contributed by atoms with Gasteiger partial charge in [-0.15, -0.1) is 0 Å². The van der Waals surface area contributed by atoms with E-state index in [0.717, 1.165) is 55.9 Å². The quantitative estimate of drug-likeness (QED) is 0.724. The molecule has 1 aliphatic heterocycles. The molecule has 132 valence electrons. The molecular formula is C19H25N5O. The fourth-order valence-corrected chi connectivity index (χ4v) is 3.71. The van der Waals surface area contributed by atoms with Crippen LogP contribution in [0.4, 0.5) is 0 Å². The molecule has 3 aromatic rings. The number of aryl methyl sites for hydroxylation is 1. The first kappa shape index (κ1) is 16.3. The van der Waals surface area contributed by atoms with E-state index < -0.39 is 0 Å². The van der Waals surface area contributed by atoms with Gasteiger partial charge in [-0.05, 0) is 37.3 Å². The number of imidazole rings is 1. The van der Waals surface area contributed by atoms with Gasteiger partial charge in [0.2, 0.25) is 0 Å². The van der Waals surface area contributed by atoms with Crippen LogP contribution in [-0.4, -0.2) is 33.0 Å². The summed E-state index contributed by atoms with van der Waals surface area (Å²) >= 11 is 0. The van der Waals surface area contributed by atoms with Crippen LogP contribution >= 0.6 is 0 Å². The van der Waals surface area contributed by atoms with Crippen LogP contribution in [0.2, 0.25) is 0 Å². The summed E-state index contributed by atoms with van der Waals surface area (Å²) in [5.41, 5.74) is 2.33. The Hall–Kier alpha value is -2.18. The predicted octanol–water partition coefficient (Wildman–Crippen LogP) is 3.04. The molecule has 0 amide bonds. The third-order valence-corrected chi connectivity index (χ3v) is 5.14. The minimum absolute atomic E-state index is 0.247. The monoisotopic (exact) mass is 339 g/mol. The fourth-order valence-electron chi connectivity index (χ4n) is 3.71. The van der Waals surface area contributed by atoms with E-state index >= 15 is 0 Å². The van der Waals surface area contributed by atoms with E-state index in [0.29, 0.717) is 5.92 Å². The molecule has 0 bridgehead atoms. The summed E-state index contributed by atoms with van der Waals surface area (Å²) in [6.45, 7) is 5.61. The third kappa shape index (κ3) is 3.45. The second-order valence-corrected chi connectivity index (χ2v) is 6.67. The molecule has 6 heteroatoms. The first-order chi connectivity index (χ1) is 12.3. The van der Waals surface area contributed by atoms with Crippen LogP contribution in [0.25, 0.3) is 10.9 Å². The van der Waals surface area contributed by atoms with Crippen molar-refractivity contribution in [1.82, 2.24) is 25.1 Å². The van der Waals surface area contributed by atoms with Crippen LogP contribution in [0.15, 0.2) is 36.8 Å². The molecule has 1 atom stereocenters. The molecular weight excluding hydrogens is 314 g/mol. The van der Waals surface area contributed by atoms with Crippen molar-refractivity contribution in [2.45, 2.75) is 38.9 Å². The van der Waals surface area contributed by atoms with Crippen molar-refractivity contribution in [1.29, 1.82) is 0 Å². The highest BCUT2D eigenvalue weighted by atomic mass is 16.5. The number of rotatable bonds is 6. The summed E-state index contributed by atoms with van der Waals surface area (Å²) in [4.78, 5) is 4.66. The minimum atomic E-state index is 0.247. The normalized spacial score (nSPS) is 17.2. The zero-order valence-corrected chi connectivity index (χ0v) is 14.6. The first-order valence-electron chi connectivity index (χ1n) is 9.09. The molecule has 0 radical (unpaired) electrons. The van der Waals surface area contributed by atoms with E-state index in [1.165, 1.54) is 5.56 Å². The molecule has 2 N–H and O–H groups in total. The van der Waals surface area contributed by atoms with E-state index in [4.69, 9.17) is 4.74 Å². The van der Waals surface area contributed by atoms with Crippen LogP contribution in [0, 0.1) is 5.92 Å². The van der Waals surface area contributed by atoms with Gasteiger partial charge in [0.15, 0.2) is 0 Å². The largest absolute Gasteiger partial charge is 0.381 e. The summed E-state index contributed by atoms with van der Waals surface area (Å²) in [5.74, 6) is 1.69. The molecule has 6 nitrogen and oxygen atoms in total. The first-order valence-corrected chi connectivity index (χ1v) is 9.09. The Morgan fingerprint density at radius 1 is 1.36 bits per heavy atom. The van der Waals surface area contributed by atoms with Crippen LogP contribution in [0.3, 0.4) is 0 Å². The Morgan fingerprint density at radius 3 is 3.08 bits per heavy atom. The van der Waals surface area contributed by atoms with E-state index in [-0.39, 0.29) is 6.04 Å². The Labute approximate surface area is 147 Å². The lowest BCUT2D eigenvalue weighted by molar-refractivity contribution is 0.0517. The van der Waals surface area contributed by atoms with Gasteiger partial charge in [0.05, 0.1) is 17.8 Å². The van der Waals surface area contributed by atoms with E-state index in [1.54, 1.807) is 0 Å². The molecule has 4 rings (SSSR count). The molecule has 1 unspecified atom stereocenters. The van der Waals surface area contributed by atoms with Crippen molar-refractivity contribution in [3.8, 4) is 0 Å². The number of H-pyrrole nitrogens is 1. The maximum absolute atomic E-state index is 5.56. The number of benzene rings is 1. The topological polar surface area (TPSA) is 67.8 Å². The van der Waals surface area contributed by atoms with Crippen LogP contribution in [-0.2, 0) is 17.8 Å². The van der Waals surface area contributed by atoms with Gasteiger partial charge in [0, 0.05) is 44.1 Å². The van der Waals surface area contributed by atoms with Crippen LogP contribution in [0.1, 0.15) is 37.2 Å². The summed E-state index contributed by atoms with van der Waals surface area (Å²) < 4.78 is 7.80. The fraction of sp³-hybridized carbons (Fsp3) is 0.474. The standard InChI is InChI=1S/C19H25N5O/c1-2-24-8-7-20-19(24)18(15-5-9-25-10-6-15)21-12-14-3-4-16-13-22-23-17(16)11-14/h3-4,7-8,11,13,15,18,21H,2,5-6,9-10,12H2,1H3,(H,22,23). The second-order valence-electron chi connectivity index (χ2n) is 6.67. The molecule has 2 aromatic heterocycles. The average molecular weight is 339 g/mol. The van der Waals surface area contributed by atoms with Crippen molar-refractivity contribution in [2.75, 3.05) is 13.2 Å². The second kappa shape index (κ2) is 7.37. The van der Waals surface area contributed by atoms with E-state index in [1.807, 2.05) is 12.4 Å². The maximum Gasteiger partial charge on any atom is 0.126 e. The highest BCUT2D eigenvalue weighted by molar-refractivity contribution is 5.78. The highest BCUT2D eigenvalue weighted by Crippen LogP contribution is 2.30. The van der Waals surface area contributed by atoms with Gasteiger partial charge in [0.1, 0.15) is 5.82 Å². The Morgan fingerprint density at radius 2 is 2.24 bits per heavy atom. The zero-order valence-electron chi connectivity index (χ0n) is 14.6. The Bertz CT molecular complexity index is 818. The van der Waals surface area contributed by atoms with Crippen molar-refractivity contribution in [3.63, 3.8) is 0 Å². The lowest BCUT2D eigenvalue weighted by Crippen LogP contribution is -2.33. The molecule has 1 aliphatic rings. The van der Waals surface area contributed by atoms with Crippen molar-refractivity contribution < 1.29 is 4.74 Å². The molecule has 3 heterocycles. The van der Waals surface area contributed by atoms with Gasteiger partial charge in [-0.1, -0.05) is 12.1 Å². The Kier molecular flexibility index (Phi) is 4.81. The van der Waals surface area contributed by atoms with Gasteiger partial charge >= 0.3 is 0 Å². The van der Waals surface area contributed by atoms with Gasteiger partial charge in [-0.25, -0.2) is 4.98 Å². The smallest absolute Gasteiger partial charge is 0.126 e. The van der Waals surface area contributed by atoms with Crippen molar-refractivity contribution in [2.24, 2.45) is 5.92 Å². The average Bonchev–Trinajstić information content (AvgIpc) is 3.31. The predicted molar refractivity (Wildman–Crippen MR) is 97.1 cm³/mol. The molecule has 1 aromatic carbocycles. The van der Waals surface area contributed by atoms with Gasteiger partial charge < -0.3 is 14.6 Å². The number of hydrogen-bond donors (Lipinski definition) is 2. The third-order valence-electron chi connectivity index (χ3n) is 5.14. The number of aromatic nitrogens is 4. The van der Waals surface area contributed by atoms with Crippen molar-refractivity contribution in [3.05, 3.63) is 48.2 Å². The summed E-state index contributed by atoms with van der Waals surface area (Å²) in [7, 11) is 0. The van der Waals surface area contributed by atoms with Crippen molar-refractivity contribution >= 4 is 10.9 Å². The number of ether oxygens (including phenoxy) is 1. The molecule has 1 saturated heterocycles. The van der Waals surface area contributed by atoms with Gasteiger partial charge in [0.25, 0.3) is 0 Å². The highest BCUT2D eigenvalue weighted by Gasteiger charge is 2.28. The summed E-state index contributed by atoms with van der Waals surface area (Å²) in [6.07, 6.45) is 7.99. The summed E-state index contributed by atoms with van der Waals surface area (Å²) in [5, 5.41) is 12.1. The number of nitrogens with zero attached hydrogens (tertiary/aromatic N) is 3. The van der Waals surface area contributed by atoms with E-state index in [9.17, 15) is 0 Å². The number of hydrogen-bond acceptors (Lipinski definition) is 4. The molecule has 1 fully saturated rings. The minimum Gasteiger partial charge on any atom is -0.381 e. The molecule has 0 aliphatic carbocycles. The van der Waals surface area contributed by atoms with E-state index in [2.05, 4.69) is 56.4 Å². The zero-order chi connectivity index (χ0) is 17.1. The van der Waals surface area contributed by atoms with Crippen LogP contribution < -0.4 is 5.32 Å². The van der Waals surface area contributed by atoms with Gasteiger partial charge in [-0.2, -0.15) is 5.10 Å². The maximum atomic E-state index is 5.56. The molecule has 0 saturated carbocycles. The van der Waals surface area contributed by atoms with Gasteiger partial charge in [-0.3, -0.25) is 5.10 Å². The lowest BCUT2D eigenvalue weighted by Gasteiger charge is -2.31. The van der Waals surface area contributed by atoms with Crippen LogP contribution in [0.5, 0.6) is 0 Å². The molecule has 25 heavy (non-hydrogen) atoms. The Balaban J connectivity index is 1.54. The lowest BCUT2D eigenvalue weighted by atomic mass is 9.90. The number of nitrogens with one attached hydrogen (secondary N) is 2. The number of fused-ring (bicyclic) bond motifs is 1.